The molecule has 2 rings (SSSR count). The molecule has 2 aromatic rings. The Balaban J connectivity index is 2.17. The zero-order valence-corrected chi connectivity index (χ0v) is 10.9. The first-order chi connectivity index (χ1) is 9.11. The molecule has 19 heavy (non-hydrogen) atoms. The SMILES string of the molecule is COc1ccc(CN(C)c2ccncc2N)cc1F. The van der Waals surface area contributed by atoms with Crippen LogP contribution in [0.2, 0.25) is 0 Å². The molecule has 0 unspecified atom stereocenters. The van der Waals surface area contributed by atoms with Gasteiger partial charge in [0.1, 0.15) is 0 Å². The lowest BCUT2D eigenvalue weighted by Crippen LogP contribution is -2.18. The summed E-state index contributed by atoms with van der Waals surface area (Å²) in [5, 5.41) is 0. The number of rotatable bonds is 4. The molecule has 5 heteroatoms. The van der Waals surface area contributed by atoms with Crippen LogP contribution >= 0.6 is 0 Å². The normalized spacial score (nSPS) is 10.3. The van der Waals surface area contributed by atoms with Crippen molar-refractivity contribution in [3.8, 4) is 5.75 Å². The highest BCUT2D eigenvalue weighted by Crippen LogP contribution is 2.23. The number of hydrogen-bond acceptors (Lipinski definition) is 4. The molecule has 0 amide bonds. The van der Waals surface area contributed by atoms with Crippen molar-refractivity contribution in [2.45, 2.75) is 6.54 Å². The molecule has 0 atom stereocenters. The average molecular weight is 261 g/mol. The van der Waals surface area contributed by atoms with Gasteiger partial charge >= 0.3 is 0 Å². The van der Waals surface area contributed by atoms with Gasteiger partial charge in [0.05, 0.1) is 24.7 Å². The molecular formula is C14H16FN3O. The van der Waals surface area contributed by atoms with Gasteiger partial charge in [-0.25, -0.2) is 4.39 Å². The second-order valence-electron chi connectivity index (χ2n) is 4.26. The van der Waals surface area contributed by atoms with E-state index in [1.165, 1.54) is 13.2 Å². The van der Waals surface area contributed by atoms with Crippen LogP contribution in [-0.2, 0) is 6.54 Å². The molecule has 100 valence electrons. The third kappa shape index (κ3) is 2.93. The molecule has 1 aromatic heterocycles. The Morgan fingerprint density at radius 2 is 2.16 bits per heavy atom. The van der Waals surface area contributed by atoms with Crippen LogP contribution < -0.4 is 15.4 Å². The van der Waals surface area contributed by atoms with Crippen molar-refractivity contribution in [3.05, 3.63) is 48.0 Å². The molecule has 0 spiro atoms. The smallest absolute Gasteiger partial charge is 0.165 e. The number of pyridine rings is 1. The Morgan fingerprint density at radius 3 is 2.79 bits per heavy atom. The van der Waals surface area contributed by atoms with E-state index in [4.69, 9.17) is 10.5 Å². The Hall–Kier alpha value is -2.30. The van der Waals surface area contributed by atoms with Gasteiger partial charge in [0, 0.05) is 19.8 Å². The summed E-state index contributed by atoms with van der Waals surface area (Å²) < 4.78 is 18.5. The number of ether oxygens (including phenoxy) is 1. The first kappa shape index (κ1) is 13.1. The monoisotopic (exact) mass is 261 g/mol. The molecular weight excluding hydrogens is 245 g/mol. The topological polar surface area (TPSA) is 51.4 Å². The quantitative estimate of drug-likeness (QED) is 0.918. The summed E-state index contributed by atoms with van der Waals surface area (Å²) in [6, 6.07) is 6.74. The van der Waals surface area contributed by atoms with Crippen molar-refractivity contribution in [1.29, 1.82) is 0 Å². The highest BCUT2D eigenvalue weighted by molar-refractivity contribution is 5.65. The van der Waals surface area contributed by atoms with Gasteiger partial charge in [0.2, 0.25) is 0 Å². The maximum atomic E-state index is 13.6. The first-order valence-corrected chi connectivity index (χ1v) is 5.85. The summed E-state index contributed by atoms with van der Waals surface area (Å²) in [4.78, 5) is 5.89. The lowest BCUT2D eigenvalue weighted by atomic mass is 10.2. The van der Waals surface area contributed by atoms with Crippen LogP contribution in [0.15, 0.2) is 36.7 Å². The van der Waals surface area contributed by atoms with Crippen LogP contribution in [0.4, 0.5) is 15.8 Å². The number of nitrogen functional groups attached to an aromatic ring is 1. The second-order valence-corrected chi connectivity index (χ2v) is 4.26. The van der Waals surface area contributed by atoms with Crippen LogP contribution in [0, 0.1) is 5.82 Å². The minimum atomic E-state index is -0.365. The summed E-state index contributed by atoms with van der Waals surface area (Å²) >= 11 is 0. The number of halogens is 1. The molecule has 0 bridgehead atoms. The van der Waals surface area contributed by atoms with Gasteiger partial charge in [-0.05, 0) is 23.8 Å². The maximum Gasteiger partial charge on any atom is 0.165 e. The Kier molecular flexibility index (Phi) is 3.85. The second kappa shape index (κ2) is 5.56. The molecule has 1 aromatic carbocycles. The maximum absolute atomic E-state index is 13.6. The molecule has 0 radical (unpaired) electrons. The minimum Gasteiger partial charge on any atom is -0.494 e. The standard InChI is InChI=1S/C14H16FN3O/c1-18(13-5-6-17-8-12(13)16)9-10-3-4-14(19-2)11(15)7-10/h3-8H,9,16H2,1-2H3. The van der Waals surface area contributed by atoms with Gasteiger partial charge in [-0.1, -0.05) is 6.07 Å². The van der Waals surface area contributed by atoms with Gasteiger partial charge in [0.15, 0.2) is 11.6 Å². The highest BCUT2D eigenvalue weighted by Gasteiger charge is 2.08. The van der Waals surface area contributed by atoms with E-state index in [-0.39, 0.29) is 11.6 Å². The molecule has 4 nitrogen and oxygen atoms in total. The number of methoxy groups -OCH3 is 1. The number of hydrogen-bond donors (Lipinski definition) is 1. The van der Waals surface area contributed by atoms with Gasteiger partial charge < -0.3 is 15.4 Å². The number of benzene rings is 1. The van der Waals surface area contributed by atoms with E-state index in [1.54, 1.807) is 18.5 Å². The van der Waals surface area contributed by atoms with Crippen molar-refractivity contribution in [1.82, 2.24) is 4.98 Å². The molecule has 0 aliphatic carbocycles. The summed E-state index contributed by atoms with van der Waals surface area (Å²) in [7, 11) is 3.34. The van der Waals surface area contributed by atoms with E-state index in [0.717, 1.165) is 11.3 Å². The Morgan fingerprint density at radius 1 is 1.37 bits per heavy atom. The summed E-state index contributed by atoms with van der Waals surface area (Å²) in [5.74, 6) is -0.120. The third-order valence-corrected chi connectivity index (χ3v) is 2.88. The molecule has 2 N–H and O–H groups in total. The third-order valence-electron chi connectivity index (χ3n) is 2.88. The lowest BCUT2D eigenvalue weighted by Gasteiger charge is -2.21. The fourth-order valence-electron chi connectivity index (χ4n) is 1.91. The van der Waals surface area contributed by atoms with Crippen LogP contribution in [0.25, 0.3) is 0 Å². The van der Waals surface area contributed by atoms with Crippen molar-refractivity contribution >= 4 is 11.4 Å². The van der Waals surface area contributed by atoms with Gasteiger partial charge in [-0.3, -0.25) is 4.98 Å². The Bertz CT molecular complexity index is 574. The number of aromatic nitrogens is 1. The lowest BCUT2D eigenvalue weighted by molar-refractivity contribution is 0.386. The summed E-state index contributed by atoms with van der Waals surface area (Å²) in [5.41, 5.74) is 8.16. The van der Waals surface area contributed by atoms with Crippen molar-refractivity contribution < 1.29 is 9.13 Å². The average Bonchev–Trinajstić information content (AvgIpc) is 2.39. The fraction of sp³-hybridized carbons (Fsp3) is 0.214. The van der Waals surface area contributed by atoms with Crippen LogP contribution in [-0.4, -0.2) is 19.1 Å². The van der Waals surface area contributed by atoms with Crippen molar-refractivity contribution in [2.75, 3.05) is 24.8 Å². The van der Waals surface area contributed by atoms with Crippen LogP contribution in [0.3, 0.4) is 0 Å². The van der Waals surface area contributed by atoms with Gasteiger partial charge in [0.25, 0.3) is 0 Å². The Labute approximate surface area is 111 Å². The predicted molar refractivity (Wildman–Crippen MR) is 73.7 cm³/mol. The fourth-order valence-corrected chi connectivity index (χ4v) is 1.91. The van der Waals surface area contributed by atoms with E-state index >= 15 is 0 Å². The molecule has 0 aliphatic heterocycles. The number of nitrogens with two attached hydrogens (primary N) is 1. The molecule has 1 heterocycles. The number of nitrogens with zero attached hydrogens (tertiary/aromatic N) is 2. The van der Waals surface area contributed by atoms with Crippen LogP contribution in [0.1, 0.15) is 5.56 Å². The molecule has 0 aliphatic rings. The zero-order valence-electron chi connectivity index (χ0n) is 10.9. The highest BCUT2D eigenvalue weighted by atomic mass is 19.1. The van der Waals surface area contributed by atoms with Gasteiger partial charge in [-0.2, -0.15) is 0 Å². The summed E-state index contributed by atoms with van der Waals surface area (Å²) in [6.45, 7) is 0.551. The van der Waals surface area contributed by atoms with E-state index in [1.807, 2.05) is 24.1 Å². The predicted octanol–water partition coefficient (Wildman–Crippen LogP) is 2.45. The molecule has 0 saturated heterocycles. The van der Waals surface area contributed by atoms with Crippen molar-refractivity contribution in [3.63, 3.8) is 0 Å². The van der Waals surface area contributed by atoms with Crippen LogP contribution in [0.5, 0.6) is 5.75 Å². The minimum absolute atomic E-state index is 0.245. The van der Waals surface area contributed by atoms with E-state index < -0.39 is 0 Å². The van der Waals surface area contributed by atoms with Crippen molar-refractivity contribution in [2.24, 2.45) is 0 Å². The zero-order chi connectivity index (χ0) is 13.8. The largest absolute Gasteiger partial charge is 0.494 e. The summed E-state index contributed by atoms with van der Waals surface area (Å²) in [6.07, 6.45) is 3.28. The van der Waals surface area contributed by atoms with E-state index in [9.17, 15) is 4.39 Å². The van der Waals surface area contributed by atoms with E-state index in [2.05, 4.69) is 4.98 Å². The molecule has 0 fully saturated rings. The van der Waals surface area contributed by atoms with E-state index in [0.29, 0.717) is 12.2 Å². The van der Waals surface area contributed by atoms with Gasteiger partial charge in [-0.15, -0.1) is 0 Å². The number of anilines is 2. The first-order valence-electron chi connectivity index (χ1n) is 5.85. The molecule has 0 saturated carbocycles.